The van der Waals surface area contributed by atoms with Gasteiger partial charge in [-0.25, -0.2) is 9.37 Å². The highest BCUT2D eigenvalue weighted by molar-refractivity contribution is 8.22. The van der Waals surface area contributed by atoms with Gasteiger partial charge < -0.3 is 4.90 Å². The minimum atomic E-state index is -0.258. The van der Waals surface area contributed by atoms with Gasteiger partial charge in [-0.05, 0) is 60.6 Å². The second-order valence-electron chi connectivity index (χ2n) is 5.47. The molecule has 0 amide bonds. The summed E-state index contributed by atoms with van der Waals surface area (Å²) in [5.41, 5.74) is 3.68. The molecule has 0 saturated heterocycles. The predicted octanol–water partition coefficient (Wildman–Crippen LogP) is 4.39. The molecule has 23 heavy (non-hydrogen) atoms. The first-order valence-electron chi connectivity index (χ1n) is 7.09. The van der Waals surface area contributed by atoms with Crippen LogP contribution in [0.1, 0.15) is 5.56 Å². The molecule has 0 saturated carbocycles. The van der Waals surface area contributed by atoms with E-state index in [1.807, 2.05) is 48.6 Å². The Hall–Kier alpha value is -1.92. The van der Waals surface area contributed by atoms with Crippen LogP contribution in [-0.2, 0) is 0 Å². The zero-order chi connectivity index (χ0) is 16.6. The number of aromatic nitrogens is 2. The van der Waals surface area contributed by atoms with E-state index in [1.165, 1.54) is 23.9 Å². The minimum Gasteiger partial charge on any atom is -0.363 e. The van der Waals surface area contributed by atoms with Crippen molar-refractivity contribution in [1.82, 2.24) is 14.3 Å². The summed E-state index contributed by atoms with van der Waals surface area (Å²) < 4.78 is 16.0. The van der Waals surface area contributed by atoms with Gasteiger partial charge in [0, 0.05) is 25.9 Å². The van der Waals surface area contributed by atoms with E-state index in [-0.39, 0.29) is 5.82 Å². The number of fused-ring (bicyclic) bond motifs is 1. The number of thiocarbonyl (C=S) groups is 1. The molecule has 0 N–H and O–H groups in total. The van der Waals surface area contributed by atoms with Crippen molar-refractivity contribution in [3.8, 4) is 11.3 Å². The van der Waals surface area contributed by atoms with Crippen molar-refractivity contribution in [3.05, 3.63) is 54.0 Å². The highest BCUT2D eigenvalue weighted by Gasteiger charge is 2.17. The van der Waals surface area contributed by atoms with Crippen molar-refractivity contribution in [1.29, 1.82) is 0 Å². The SMILES string of the molecule is Cc1ccn2c(SC(=S)N(C)C)c(-c3ccc(F)cc3)nc2c1. The molecule has 0 unspecified atom stereocenters. The van der Waals surface area contributed by atoms with E-state index >= 15 is 0 Å². The summed E-state index contributed by atoms with van der Waals surface area (Å²) in [6.45, 7) is 2.03. The van der Waals surface area contributed by atoms with Crippen molar-refractivity contribution >= 4 is 33.9 Å². The van der Waals surface area contributed by atoms with Gasteiger partial charge in [0.1, 0.15) is 26.5 Å². The minimum absolute atomic E-state index is 0.258. The quantitative estimate of drug-likeness (QED) is 0.507. The van der Waals surface area contributed by atoms with Crippen molar-refractivity contribution in [2.45, 2.75) is 11.9 Å². The number of hydrogen-bond donors (Lipinski definition) is 0. The Morgan fingerprint density at radius 3 is 2.57 bits per heavy atom. The fraction of sp³-hybridized carbons (Fsp3) is 0.176. The van der Waals surface area contributed by atoms with Crippen LogP contribution < -0.4 is 0 Å². The number of rotatable bonds is 2. The fourth-order valence-electron chi connectivity index (χ4n) is 2.19. The normalized spacial score (nSPS) is 11.0. The zero-order valence-electron chi connectivity index (χ0n) is 13.1. The number of imidazole rings is 1. The molecular formula is C17H16FN3S2. The van der Waals surface area contributed by atoms with Gasteiger partial charge >= 0.3 is 0 Å². The third-order valence-electron chi connectivity index (χ3n) is 3.40. The van der Waals surface area contributed by atoms with Crippen LogP contribution in [0.5, 0.6) is 0 Å². The lowest BCUT2D eigenvalue weighted by Gasteiger charge is -2.13. The van der Waals surface area contributed by atoms with E-state index in [2.05, 4.69) is 0 Å². The Morgan fingerprint density at radius 1 is 1.22 bits per heavy atom. The van der Waals surface area contributed by atoms with Gasteiger partial charge in [-0.3, -0.25) is 4.40 Å². The van der Waals surface area contributed by atoms with Gasteiger partial charge in [-0.15, -0.1) is 0 Å². The third kappa shape index (κ3) is 3.23. The van der Waals surface area contributed by atoms with Crippen LogP contribution in [0, 0.1) is 12.7 Å². The van der Waals surface area contributed by atoms with Crippen LogP contribution in [0.2, 0.25) is 0 Å². The number of benzene rings is 1. The van der Waals surface area contributed by atoms with Gasteiger partial charge in [-0.1, -0.05) is 12.2 Å². The van der Waals surface area contributed by atoms with E-state index in [4.69, 9.17) is 17.2 Å². The van der Waals surface area contributed by atoms with Crippen LogP contribution in [-0.4, -0.2) is 32.7 Å². The molecule has 0 atom stereocenters. The van der Waals surface area contributed by atoms with E-state index in [1.54, 1.807) is 12.1 Å². The number of pyridine rings is 1. The van der Waals surface area contributed by atoms with Gasteiger partial charge in [0.05, 0.1) is 0 Å². The van der Waals surface area contributed by atoms with Crippen molar-refractivity contribution in [2.24, 2.45) is 0 Å². The van der Waals surface area contributed by atoms with Crippen molar-refractivity contribution < 1.29 is 4.39 Å². The lowest BCUT2D eigenvalue weighted by molar-refractivity contribution is 0.628. The number of aryl methyl sites for hydroxylation is 1. The fourth-order valence-corrected chi connectivity index (χ4v) is 3.29. The van der Waals surface area contributed by atoms with Crippen LogP contribution in [0.25, 0.3) is 16.9 Å². The van der Waals surface area contributed by atoms with Crippen LogP contribution >= 0.6 is 24.0 Å². The average Bonchev–Trinajstić information content (AvgIpc) is 2.85. The summed E-state index contributed by atoms with van der Waals surface area (Å²) in [7, 11) is 3.83. The molecule has 0 aliphatic rings. The second kappa shape index (κ2) is 6.29. The summed E-state index contributed by atoms with van der Waals surface area (Å²) in [6.07, 6.45) is 1.99. The Labute approximate surface area is 144 Å². The summed E-state index contributed by atoms with van der Waals surface area (Å²) >= 11 is 6.92. The second-order valence-corrected chi connectivity index (χ2v) is 7.09. The Morgan fingerprint density at radius 2 is 1.91 bits per heavy atom. The molecule has 0 fully saturated rings. The van der Waals surface area contributed by atoms with E-state index in [0.717, 1.165) is 31.8 Å². The monoisotopic (exact) mass is 345 g/mol. The third-order valence-corrected chi connectivity index (χ3v) is 5.14. The highest BCUT2D eigenvalue weighted by atomic mass is 32.2. The summed E-state index contributed by atoms with van der Waals surface area (Å²) in [5, 5.41) is 0.935. The Bertz CT molecular complexity index is 869. The topological polar surface area (TPSA) is 20.5 Å². The lowest BCUT2D eigenvalue weighted by atomic mass is 10.2. The molecule has 1 aromatic carbocycles. The molecule has 6 heteroatoms. The molecule has 2 heterocycles. The number of nitrogens with zero attached hydrogens (tertiary/aromatic N) is 3. The predicted molar refractivity (Wildman–Crippen MR) is 97.5 cm³/mol. The van der Waals surface area contributed by atoms with Crippen LogP contribution in [0.15, 0.2) is 47.6 Å². The molecule has 118 valence electrons. The lowest BCUT2D eigenvalue weighted by Crippen LogP contribution is -2.16. The summed E-state index contributed by atoms with van der Waals surface area (Å²) in [6, 6.07) is 10.4. The van der Waals surface area contributed by atoms with Gasteiger partial charge in [0.15, 0.2) is 0 Å². The number of hydrogen-bond acceptors (Lipinski definition) is 3. The van der Waals surface area contributed by atoms with E-state index in [9.17, 15) is 4.39 Å². The first kappa shape index (κ1) is 16.0. The van der Waals surface area contributed by atoms with Crippen LogP contribution in [0.3, 0.4) is 0 Å². The van der Waals surface area contributed by atoms with Crippen molar-refractivity contribution in [2.75, 3.05) is 14.1 Å². The first-order chi connectivity index (χ1) is 11.0. The molecule has 0 radical (unpaired) electrons. The van der Waals surface area contributed by atoms with E-state index in [0.29, 0.717) is 0 Å². The maximum Gasteiger partial charge on any atom is 0.142 e. The molecule has 3 rings (SSSR count). The molecular weight excluding hydrogens is 329 g/mol. The number of halogens is 1. The average molecular weight is 345 g/mol. The van der Waals surface area contributed by atoms with Gasteiger partial charge in [0.2, 0.25) is 0 Å². The molecule has 0 aliphatic carbocycles. The van der Waals surface area contributed by atoms with Gasteiger partial charge in [0.25, 0.3) is 0 Å². The summed E-state index contributed by atoms with van der Waals surface area (Å²) in [4.78, 5) is 6.62. The molecule has 0 bridgehead atoms. The first-order valence-corrected chi connectivity index (χ1v) is 8.32. The molecule has 3 aromatic rings. The zero-order valence-corrected chi connectivity index (χ0v) is 14.7. The smallest absolute Gasteiger partial charge is 0.142 e. The largest absolute Gasteiger partial charge is 0.363 e. The molecule has 0 spiro atoms. The molecule has 3 nitrogen and oxygen atoms in total. The highest BCUT2D eigenvalue weighted by Crippen LogP contribution is 2.33. The Kier molecular flexibility index (Phi) is 4.37. The maximum atomic E-state index is 13.2. The van der Waals surface area contributed by atoms with Crippen molar-refractivity contribution in [3.63, 3.8) is 0 Å². The maximum absolute atomic E-state index is 13.2. The van der Waals surface area contributed by atoms with Gasteiger partial charge in [-0.2, -0.15) is 0 Å². The van der Waals surface area contributed by atoms with Crippen LogP contribution in [0.4, 0.5) is 4.39 Å². The standard InChI is InChI=1S/C17H16FN3S2/c1-11-8-9-21-14(10-11)19-15(12-4-6-13(18)7-5-12)16(21)23-17(22)20(2)3/h4-10H,1-3H3. The van der Waals surface area contributed by atoms with E-state index < -0.39 is 0 Å². The summed E-state index contributed by atoms with van der Waals surface area (Å²) in [5.74, 6) is -0.258. The Balaban J connectivity index is 2.18. The molecule has 2 aromatic heterocycles. The number of thioether (sulfide) groups is 1. The molecule has 0 aliphatic heterocycles.